The molecule has 0 saturated heterocycles. The molecule has 6 heteroatoms. The summed E-state index contributed by atoms with van der Waals surface area (Å²) >= 11 is 0. The van der Waals surface area contributed by atoms with Crippen LogP contribution >= 0.6 is 0 Å². The first-order valence-electron chi connectivity index (χ1n) is 30.4. The van der Waals surface area contributed by atoms with Gasteiger partial charge < -0.3 is 14.2 Å². The Kier molecular flexibility index (Phi) is 57.4. The zero-order chi connectivity index (χ0) is 52.9. The minimum atomic E-state index is -0.825. The molecule has 416 valence electrons. The molecule has 0 spiro atoms. The van der Waals surface area contributed by atoms with Gasteiger partial charge in [-0.05, 0) is 116 Å². The highest BCUT2D eigenvalue weighted by molar-refractivity contribution is 5.71. The highest BCUT2D eigenvalue weighted by Gasteiger charge is 2.19. The molecule has 0 saturated carbocycles. The second-order valence-electron chi connectivity index (χ2n) is 19.9. The number of esters is 3. The predicted octanol–water partition coefficient (Wildman–Crippen LogP) is 20.7. The normalized spacial score (nSPS) is 12.9. The average Bonchev–Trinajstić information content (AvgIpc) is 3.39. The van der Waals surface area contributed by atoms with Crippen LogP contribution in [0, 0.1) is 0 Å². The van der Waals surface area contributed by atoms with E-state index in [1.807, 2.05) is 6.08 Å². The summed E-state index contributed by atoms with van der Waals surface area (Å²) in [5, 5.41) is 0. The molecule has 0 amide bonds. The molecule has 0 aliphatic rings. The van der Waals surface area contributed by atoms with Crippen molar-refractivity contribution in [2.24, 2.45) is 0 Å². The Bertz CT molecular complexity index is 1490. The summed E-state index contributed by atoms with van der Waals surface area (Å²) in [5.41, 5.74) is 0. The van der Waals surface area contributed by atoms with Crippen LogP contribution in [0.5, 0.6) is 0 Å². The Morgan fingerprint density at radius 1 is 0.288 bits per heavy atom. The molecular formula is C67H112O6. The van der Waals surface area contributed by atoms with Gasteiger partial charge >= 0.3 is 17.9 Å². The Labute approximate surface area is 450 Å². The van der Waals surface area contributed by atoms with Crippen molar-refractivity contribution in [1.29, 1.82) is 0 Å². The van der Waals surface area contributed by atoms with Gasteiger partial charge in [-0.3, -0.25) is 14.4 Å². The average molecular weight is 1010 g/mol. The first kappa shape index (κ1) is 69.1. The topological polar surface area (TPSA) is 78.9 Å². The van der Waals surface area contributed by atoms with Gasteiger partial charge in [0.25, 0.3) is 0 Å². The summed E-state index contributed by atoms with van der Waals surface area (Å²) in [6.07, 6.45) is 82.3. The Morgan fingerprint density at radius 3 is 0.932 bits per heavy atom. The molecular weight excluding hydrogens is 901 g/mol. The van der Waals surface area contributed by atoms with Gasteiger partial charge in [0.15, 0.2) is 6.10 Å². The van der Waals surface area contributed by atoms with E-state index < -0.39 is 12.1 Å². The van der Waals surface area contributed by atoms with Crippen LogP contribution in [-0.4, -0.2) is 37.2 Å². The molecule has 0 aromatic carbocycles. The lowest BCUT2D eigenvalue weighted by atomic mass is 10.1. The van der Waals surface area contributed by atoms with E-state index in [4.69, 9.17) is 14.2 Å². The monoisotopic (exact) mass is 1010 g/mol. The molecule has 0 aromatic rings. The first-order chi connectivity index (χ1) is 36.0. The van der Waals surface area contributed by atoms with Gasteiger partial charge in [-0.25, -0.2) is 0 Å². The van der Waals surface area contributed by atoms with E-state index in [0.29, 0.717) is 19.3 Å². The fraction of sp³-hybridized carbons (Fsp3) is 0.687. The van der Waals surface area contributed by atoms with Gasteiger partial charge in [0.05, 0.1) is 0 Å². The summed E-state index contributed by atoms with van der Waals surface area (Å²) in [5.74, 6) is -1.00. The zero-order valence-electron chi connectivity index (χ0n) is 47.6. The highest BCUT2D eigenvalue weighted by atomic mass is 16.6. The molecule has 6 nitrogen and oxygen atoms in total. The maximum absolute atomic E-state index is 12.9. The minimum Gasteiger partial charge on any atom is -0.462 e. The quantitative estimate of drug-likeness (QED) is 0.0261. The summed E-state index contributed by atoms with van der Waals surface area (Å²) in [6.45, 7) is 6.44. The van der Waals surface area contributed by atoms with Crippen molar-refractivity contribution in [3.8, 4) is 0 Å². The van der Waals surface area contributed by atoms with Gasteiger partial charge in [0, 0.05) is 19.3 Å². The zero-order valence-corrected chi connectivity index (χ0v) is 47.6. The van der Waals surface area contributed by atoms with Crippen molar-refractivity contribution in [2.75, 3.05) is 13.2 Å². The van der Waals surface area contributed by atoms with E-state index in [1.165, 1.54) is 141 Å². The third kappa shape index (κ3) is 58.8. The van der Waals surface area contributed by atoms with Crippen molar-refractivity contribution >= 4 is 17.9 Å². The van der Waals surface area contributed by atoms with Crippen LogP contribution in [0.1, 0.15) is 278 Å². The molecule has 0 radical (unpaired) electrons. The second-order valence-corrected chi connectivity index (χ2v) is 19.9. The second kappa shape index (κ2) is 60.6. The number of unbranched alkanes of at least 4 members (excludes halogenated alkanes) is 25. The molecule has 0 bridgehead atoms. The van der Waals surface area contributed by atoms with Crippen molar-refractivity contribution in [3.63, 3.8) is 0 Å². The molecule has 0 rings (SSSR count). The van der Waals surface area contributed by atoms with E-state index in [9.17, 15) is 14.4 Å². The molecule has 0 aromatic heterocycles. The molecule has 0 aliphatic heterocycles. The Hall–Kier alpha value is -3.93. The van der Waals surface area contributed by atoms with Crippen LogP contribution in [0.4, 0.5) is 0 Å². The smallest absolute Gasteiger partial charge is 0.306 e. The van der Waals surface area contributed by atoms with Gasteiger partial charge in [0.2, 0.25) is 0 Å². The molecule has 1 atom stereocenters. The van der Waals surface area contributed by atoms with Crippen LogP contribution in [0.2, 0.25) is 0 Å². The summed E-state index contributed by atoms with van der Waals surface area (Å²) in [4.78, 5) is 38.2. The Balaban J connectivity index is 4.51. The summed E-state index contributed by atoms with van der Waals surface area (Å²) in [7, 11) is 0. The molecule has 0 unspecified atom stereocenters. The van der Waals surface area contributed by atoms with Crippen molar-refractivity contribution in [2.45, 2.75) is 284 Å². The van der Waals surface area contributed by atoms with Crippen LogP contribution in [0.15, 0.2) is 109 Å². The van der Waals surface area contributed by atoms with Crippen molar-refractivity contribution in [1.82, 2.24) is 0 Å². The standard InChI is InChI=1S/C67H112O6/c1-4-7-10-13-16-19-22-25-28-31-33-36-39-42-45-48-51-54-57-60-66(69)72-63-64(62-71-65(68)59-56-53-50-47-44-41-38-35-30-27-24-21-18-15-12-9-6-3)73-67(70)61-58-55-52-49-46-43-40-37-34-32-29-26-23-20-17-14-11-8-5-2/h8,11,17-18,20-21,25-30,34,37,43,46,52,55,64H,4-7,9-10,12-16,19,22-24,31-33,35-36,38-42,44-45,47-51,53-54,56-63H2,1-3H3/b11-8-,20-17-,21-18-,28-25-,29-26-,30-27-,37-34-,46-43-,55-52-/t64-/m1/s1. The number of carbonyl (C=O) groups is 3. The third-order valence-corrected chi connectivity index (χ3v) is 12.7. The lowest BCUT2D eigenvalue weighted by molar-refractivity contribution is -0.166. The van der Waals surface area contributed by atoms with E-state index in [-0.39, 0.29) is 31.6 Å². The molecule has 0 heterocycles. The first-order valence-corrected chi connectivity index (χ1v) is 30.4. The fourth-order valence-electron chi connectivity index (χ4n) is 8.20. The number of carbonyl (C=O) groups excluding carboxylic acids is 3. The van der Waals surface area contributed by atoms with Crippen molar-refractivity contribution < 1.29 is 28.6 Å². The largest absolute Gasteiger partial charge is 0.462 e. The van der Waals surface area contributed by atoms with Gasteiger partial charge in [0.1, 0.15) is 13.2 Å². The van der Waals surface area contributed by atoms with Crippen LogP contribution in [-0.2, 0) is 28.6 Å². The fourth-order valence-corrected chi connectivity index (χ4v) is 8.20. The lowest BCUT2D eigenvalue weighted by Crippen LogP contribution is -2.30. The third-order valence-electron chi connectivity index (χ3n) is 12.7. The number of hydrogen-bond acceptors (Lipinski definition) is 6. The maximum Gasteiger partial charge on any atom is 0.306 e. The van der Waals surface area contributed by atoms with Crippen molar-refractivity contribution in [3.05, 3.63) is 109 Å². The number of allylic oxidation sites excluding steroid dienone is 18. The van der Waals surface area contributed by atoms with E-state index in [1.54, 1.807) is 0 Å². The summed E-state index contributed by atoms with van der Waals surface area (Å²) in [6, 6.07) is 0. The summed E-state index contributed by atoms with van der Waals surface area (Å²) < 4.78 is 16.8. The predicted molar refractivity (Wildman–Crippen MR) is 316 cm³/mol. The number of rotatable bonds is 54. The molecule has 0 fully saturated rings. The molecule has 0 aliphatic carbocycles. The Morgan fingerprint density at radius 2 is 0.562 bits per heavy atom. The van der Waals surface area contributed by atoms with Crippen LogP contribution in [0.3, 0.4) is 0 Å². The van der Waals surface area contributed by atoms with E-state index in [0.717, 1.165) is 89.9 Å². The van der Waals surface area contributed by atoms with Gasteiger partial charge in [-0.2, -0.15) is 0 Å². The number of ether oxygens (including phenoxy) is 3. The number of hydrogen-bond donors (Lipinski definition) is 0. The van der Waals surface area contributed by atoms with Crippen LogP contribution < -0.4 is 0 Å². The van der Waals surface area contributed by atoms with Crippen LogP contribution in [0.25, 0.3) is 0 Å². The lowest BCUT2D eigenvalue weighted by Gasteiger charge is -2.18. The van der Waals surface area contributed by atoms with E-state index >= 15 is 0 Å². The minimum absolute atomic E-state index is 0.112. The SMILES string of the molecule is CC/C=C\C/C=C\C/C=C\C/C=C\C/C=C\C/C=C\CCC(=O)O[C@H](COC(=O)CCCCCCCCC/C=C\C/C=C\CCCCC)COC(=O)CCCCCCCCCCC/C=C\CCCCCCCC. The highest BCUT2D eigenvalue weighted by Crippen LogP contribution is 2.15. The van der Waals surface area contributed by atoms with Gasteiger partial charge in [-0.1, -0.05) is 252 Å². The van der Waals surface area contributed by atoms with Gasteiger partial charge in [-0.15, -0.1) is 0 Å². The maximum atomic E-state index is 12.9. The van der Waals surface area contributed by atoms with E-state index in [2.05, 4.69) is 124 Å². The molecule has 0 N–H and O–H groups in total. The molecule has 73 heavy (non-hydrogen) atoms.